The molecule has 29 heavy (non-hydrogen) atoms. The molecule has 0 aliphatic carbocycles. The van der Waals surface area contributed by atoms with Crippen LogP contribution in [0.3, 0.4) is 0 Å². The molecule has 0 atom stereocenters. The van der Waals surface area contributed by atoms with Gasteiger partial charge in [0.2, 0.25) is 5.91 Å². The van der Waals surface area contributed by atoms with Gasteiger partial charge in [-0.1, -0.05) is 18.2 Å². The topological polar surface area (TPSA) is 60.0 Å². The Morgan fingerprint density at radius 3 is 2.55 bits per heavy atom. The molecule has 2 aromatic rings. The molecular formula is C19H18BrF3N2O4. The summed E-state index contributed by atoms with van der Waals surface area (Å²) in [6.45, 7) is 0.933. The fourth-order valence-corrected chi connectivity index (χ4v) is 3.22. The van der Waals surface area contributed by atoms with E-state index in [9.17, 15) is 18.0 Å². The van der Waals surface area contributed by atoms with Gasteiger partial charge in [-0.3, -0.25) is 9.69 Å². The SMILES string of the molecule is CN(CC(=O)Nc1cc2c(cc1Br)OCCO2)Cc1ccccc1OC(F)(F)F. The number of ether oxygens (including phenoxy) is 3. The van der Waals surface area contributed by atoms with Gasteiger partial charge >= 0.3 is 6.36 Å². The van der Waals surface area contributed by atoms with Crippen LogP contribution >= 0.6 is 15.9 Å². The summed E-state index contributed by atoms with van der Waals surface area (Å²) in [6.07, 6.45) is -4.78. The quantitative estimate of drug-likeness (QED) is 0.680. The molecule has 1 N–H and O–H groups in total. The van der Waals surface area contributed by atoms with Crippen molar-refractivity contribution in [2.75, 3.05) is 32.1 Å². The minimum Gasteiger partial charge on any atom is -0.486 e. The number of nitrogens with zero attached hydrogens (tertiary/aromatic N) is 1. The molecule has 10 heteroatoms. The van der Waals surface area contributed by atoms with E-state index in [1.807, 2.05) is 0 Å². The van der Waals surface area contributed by atoms with E-state index in [0.717, 1.165) is 0 Å². The molecule has 1 aliphatic rings. The van der Waals surface area contributed by atoms with Crippen molar-refractivity contribution in [1.29, 1.82) is 0 Å². The van der Waals surface area contributed by atoms with Crippen LogP contribution in [-0.2, 0) is 11.3 Å². The minimum atomic E-state index is -4.78. The fourth-order valence-electron chi connectivity index (χ4n) is 2.80. The maximum absolute atomic E-state index is 12.5. The molecule has 0 saturated carbocycles. The van der Waals surface area contributed by atoms with Crippen molar-refractivity contribution in [3.05, 3.63) is 46.4 Å². The first kappa shape index (κ1) is 21.3. The first-order valence-corrected chi connectivity index (χ1v) is 9.42. The average molecular weight is 475 g/mol. The summed E-state index contributed by atoms with van der Waals surface area (Å²) in [5, 5.41) is 2.76. The van der Waals surface area contributed by atoms with Gasteiger partial charge in [0, 0.05) is 28.7 Å². The number of anilines is 1. The summed E-state index contributed by atoms with van der Waals surface area (Å²) >= 11 is 3.37. The van der Waals surface area contributed by atoms with Crippen molar-refractivity contribution in [1.82, 2.24) is 4.90 Å². The van der Waals surface area contributed by atoms with E-state index in [-0.39, 0.29) is 24.7 Å². The van der Waals surface area contributed by atoms with Crippen LogP contribution in [0.5, 0.6) is 17.2 Å². The number of benzene rings is 2. The Bertz CT molecular complexity index is 892. The van der Waals surface area contributed by atoms with Crippen molar-refractivity contribution in [3.63, 3.8) is 0 Å². The van der Waals surface area contributed by atoms with E-state index in [0.29, 0.717) is 40.4 Å². The number of carbonyl (C=O) groups excluding carboxylic acids is 1. The lowest BCUT2D eigenvalue weighted by Gasteiger charge is -2.21. The fraction of sp³-hybridized carbons (Fsp3) is 0.316. The normalized spacial score (nSPS) is 13.3. The summed E-state index contributed by atoms with van der Waals surface area (Å²) in [4.78, 5) is 14.0. The summed E-state index contributed by atoms with van der Waals surface area (Å²) in [7, 11) is 1.63. The van der Waals surface area contributed by atoms with Gasteiger partial charge in [0.05, 0.1) is 12.2 Å². The van der Waals surface area contributed by atoms with Gasteiger partial charge in [-0.2, -0.15) is 0 Å². The monoisotopic (exact) mass is 474 g/mol. The second-order valence-corrected chi connectivity index (χ2v) is 7.21. The molecule has 2 aromatic carbocycles. The maximum Gasteiger partial charge on any atom is 0.573 e. The first-order valence-electron chi connectivity index (χ1n) is 8.62. The highest BCUT2D eigenvalue weighted by Crippen LogP contribution is 2.38. The Hall–Kier alpha value is -2.46. The zero-order chi connectivity index (χ0) is 21.0. The van der Waals surface area contributed by atoms with Crippen molar-refractivity contribution in [2.24, 2.45) is 0 Å². The lowest BCUT2D eigenvalue weighted by Crippen LogP contribution is -2.30. The average Bonchev–Trinajstić information content (AvgIpc) is 2.62. The lowest BCUT2D eigenvalue weighted by atomic mass is 10.2. The molecule has 0 fully saturated rings. The zero-order valence-electron chi connectivity index (χ0n) is 15.4. The zero-order valence-corrected chi connectivity index (χ0v) is 17.0. The van der Waals surface area contributed by atoms with E-state index < -0.39 is 6.36 Å². The van der Waals surface area contributed by atoms with E-state index in [4.69, 9.17) is 9.47 Å². The van der Waals surface area contributed by atoms with E-state index >= 15 is 0 Å². The van der Waals surface area contributed by atoms with Gasteiger partial charge < -0.3 is 19.5 Å². The number of halogens is 4. The molecule has 0 saturated heterocycles. The highest BCUT2D eigenvalue weighted by Gasteiger charge is 2.32. The van der Waals surface area contributed by atoms with Gasteiger partial charge in [0.15, 0.2) is 11.5 Å². The van der Waals surface area contributed by atoms with E-state index in [1.54, 1.807) is 30.1 Å². The number of amides is 1. The summed E-state index contributed by atoms with van der Waals surface area (Å²) in [5.74, 6) is 0.488. The largest absolute Gasteiger partial charge is 0.573 e. The van der Waals surface area contributed by atoms with Crippen LogP contribution in [0.1, 0.15) is 5.56 Å². The van der Waals surface area contributed by atoms with Gasteiger partial charge in [-0.25, -0.2) is 0 Å². The summed E-state index contributed by atoms with van der Waals surface area (Å²) in [5.41, 5.74) is 0.828. The maximum atomic E-state index is 12.5. The minimum absolute atomic E-state index is 0.0404. The van der Waals surface area contributed by atoms with Crippen molar-refractivity contribution in [3.8, 4) is 17.2 Å². The highest BCUT2D eigenvalue weighted by molar-refractivity contribution is 9.10. The third-order valence-electron chi connectivity index (χ3n) is 3.96. The number of hydrogen-bond donors (Lipinski definition) is 1. The number of carbonyl (C=O) groups is 1. The molecule has 0 spiro atoms. The second kappa shape index (κ2) is 8.91. The van der Waals surface area contributed by atoms with Crippen LogP contribution in [0.15, 0.2) is 40.9 Å². The van der Waals surface area contributed by atoms with E-state index in [2.05, 4.69) is 26.0 Å². The molecule has 0 unspecified atom stereocenters. The Morgan fingerprint density at radius 1 is 1.21 bits per heavy atom. The number of para-hydroxylation sites is 1. The van der Waals surface area contributed by atoms with Crippen LogP contribution in [0.25, 0.3) is 0 Å². The molecule has 0 radical (unpaired) electrons. The number of likely N-dealkylation sites (N-methyl/N-ethyl adjacent to an activating group) is 1. The summed E-state index contributed by atoms with van der Waals surface area (Å²) in [6, 6.07) is 9.19. The Morgan fingerprint density at radius 2 is 1.86 bits per heavy atom. The van der Waals surface area contributed by atoms with Gasteiger partial charge in [-0.05, 0) is 29.0 Å². The predicted molar refractivity (Wildman–Crippen MR) is 103 cm³/mol. The van der Waals surface area contributed by atoms with E-state index in [1.165, 1.54) is 18.2 Å². The smallest absolute Gasteiger partial charge is 0.486 e. The van der Waals surface area contributed by atoms with Crippen LogP contribution < -0.4 is 19.5 Å². The van der Waals surface area contributed by atoms with Crippen LogP contribution in [-0.4, -0.2) is 44.0 Å². The summed E-state index contributed by atoms with van der Waals surface area (Å²) < 4.78 is 53.3. The van der Waals surface area contributed by atoms with Gasteiger partial charge in [-0.15, -0.1) is 13.2 Å². The van der Waals surface area contributed by atoms with Crippen molar-refractivity contribution >= 4 is 27.5 Å². The number of alkyl halides is 3. The van der Waals surface area contributed by atoms with Crippen LogP contribution in [0.2, 0.25) is 0 Å². The standard InChI is InChI=1S/C19H18BrF3N2O4/c1-25(10-12-4-2-3-5-15(12)29-19(21,22)23)11-18(26)24-14-9-17-16(8-13(14)20)27-6-7-28-17/h2-5,8-9H,6-7,10-11H2,1H3,(H,24,26). The lowest BCUT2D eigenvalue weighted by molar-refractivity contribution is -0.275. The predicted octanol–water partition coefficient (Wildman–Crippen LogP) is 4.19. The number of hydrogen-bond acceptors (Lipinski definition) is 5. The highest BCUT2D eigenvalue weighted by atomic mass is 79.9. The van der Waals surface area contributed by atoms with Gasteiger partial charge in [0.25, 0.3) is 0 Å². The van der Waals surface area contributed by atoms with Crippen LogP contribution in [0.4, 0.5) is 18.9 Å². The molecule has 6 nitrogen and oxygen atoms in total. The third kappa shape index (κ3) is 6.01. The molecule has 3 rings (SSSR count). The molecular weight excluding hydrogens is 457 g/mol. The van der Waals surface area contributed by atoms with Crippen LogP contribution in [0, 0.1) is 0 Å². The molecule has 0 aromatic heterocycles. The Labute approximate surface area is 173 Å². The molecule has 1 heterocycles. The van der Waals surface area contributed by atoms with Crippen molar-refractivity contribution < 1.29 is 32.2 Å². The first-order chi connectivity index (χ1) is 13.7. The van der Waals surface area contributed by atoms with Gasteiger partial charge in [0.1, 0.15) is 19.0 Å². The van der Waals surface area contributed by atoms with Crippen molar-refractivity contribution in [2.45, 2.75) is 12.9 Å². The molecule has 0 bridgehead atoms. The Balaban J connectivity index is 1.62. The number of fused-ring (bicyclic) bond motifs is 1. The third-order valence-corrected chi connectivity index (χ3v) is 4.61. The second-order valence-electron chi connectivity index (χ2n) is 6.35. The molecule has 1 aliphatic heterocycles. The Kier molecular flexibility index (Phi) is 6.53. The molecule has 1 amide bonds. The molecule has 156 valence electrons. The number of rotatable bonds is 6. The number of nitrogens with one attached hydrogen (secondary N) is 1.